The summed E-state index contributed by atoms with van der Waals surface area (Å²) in [5.41, 5.74) is 0. The molecule has 4 unspecified atom stereocenters. The Kier molecular flexibility index (Phi) is 48.4. The molecular weight excluding hydrogens is 955 g/mol. The maximum absolute atomic E-state index is 12.5. The van der Waals surface area contributed by atoms with Crippen LogP contribution in [0.25, 0.3) is 0 Å². The number of ether oxygens (including phenoxy) is 4. The van der Waals surface area contributed by atoms with Gasteiger partial charge < -0.3 is 37.7 Å². The normalized spacial score (nSPS) is 14.6. The minimum absolute atomic E-state index is 0.0453. The Morgan fingerprint density at radius 2 is 0.667 bits per heavy atom. The van der Waals surface area contributed by atoms with Crippen molar-refractivity contribution >= 4 is 16.3 Å². The molecular formula is C56H112N2O12P2+2. The molecule has 0 fully saturated rings. The molecule has 0 aromatic carbocycles. The monoisotopic (exact) mass is 1070 g/mol. The van der Waals surface area contributed by atoms with Crippen LogP contribution in [0.3, 0.4) is 0 Å². The number of hydrogen-bond donors (Lipinski definition) is 2. The van der Waals surface area contributed by atoms with Gasteiger partial charge in [0.25, 0.3) is 0 Å². The van der Waals surface area contributed by atoms with Crippen molar-refractivity contribution in [3.8, 4) is 23.7 Å². The minimum Gasteiger partial charge on any atom is -0.606 e. The van der Waals surface area contributed by atoms with Gasteiger partial charge in [0.1, 0.15) is 51.7 Å². The molecule has 0 heterocycles. The highest BCUT2D eigenvalue weighted by Crippen LogP contribution is 2.48. The van der Waals surface area contributed by atoms with Gasteiger partial charge in [-0.05, 0) is 50.4 Å². The van der Waals surface area contributed by atoms with E-state index in [9.17, 15) is 19.6 Å². The van der Waals surface area contributed by atoms with Gasteiger partial charge in [0.05, 0.1) is 55.5 Å². The second-order valence-electron chi connectivity index (χ2n) is 21.7. The van der Waals surface area contributed by atoms with E-state index in [0.717, 1.165) is 103 Å². The highest BCUT2D eigenvalue weighted by Gasteiger charge is 2.31. The van der Waals surface area contributed by atoms with Crippen LogP contribution in [0.2, 0.25) is 0 Å². The summed E-state index contributed by atoms with van der Waals surface area (Å²) in [4.78, 5) is 45.4. The van der Waals surface area contributed by atoms with Crippen LogP contribution in [-0.2, 0) is 37.0 Å². The number of nitrogens with zero attached hydrogens (tertiary/aromatic N) is 2. The number of unbranched alkanes of at least 4 members (excludes halogenated alkanes) is 26. The number of hydrogen-bond acceptors (Lipinski definition) is 12. The van der Waals surface area contributed by atoms with Gasteiger partial charge in [-0.25, -0.2) is 0 Å². The Morgan fingerprint density at radius 3 is 0.986 bits per heavy atom. The largest absolute Gasteiger partial charge is 0.606 e. The Labute approximate surface area is 444 Å². The van der Waals surface area contributed by atoms with Gasteiger partial charge >= 0.3 is 16.3 Å². The number of likely N-dealkylation sites (N-methyl/N-ethyl adjacent to an activating group) is 2. The minimum atomic E-state index is -4.17. The molecule has 0 radical (unpaired) electrons. The third-order valence-corrected chi connectivity index (χ3v) is 14.1. The van der Waals surface area contributed by atoms with E-state index >= 15 is 0 Å². The zero-order valence-electron chi connectivity index (χ0n) is 47.6. The third-order valence-electron chi connectivity index (χ3n) is 12.1. The average molecular weight is 1070 g/mol. The molecule has 0 saturated heterocycles. The van der Waals surface area contributed by atoms with Crippen molar-refractivity contribution in [3.05, 3.63) is 0 Å². The molecule has 16 heteroatoms. The SMILES string of the molecule is CCCCCCCCCCOC(COCCCCCCCCC#CC#CCCCCCCCCOCC(CO[P+]([O-])(O)OCC[N+](C)(C)C)OCCCCCCCCCC)CO[P+]([O-])(O)OCC[N+](C)(C)C. The summed E-state index contributed by atoms with van der Waals surface area (Å²) in [7, 11) is 3.66. The molecule has 0 rings (SSSR count). The van der Waals surface area contributed by atoms with Crippen molar-refractivity contribution in [1.82, 2.24) is 0 Å². The summed E-state index contributed by atoms with van der Waals surface area (Å²) in [6, 6.07) is 0. The predicted octanol–water partition coefficient (Wildman–Crippen LogP) is 11.1. The van der Waals surface area contributed by atoms with Gasteiger partial charge in [-0.15, -0.1) is 0 Å². The Bertz CT molecular complexity index is 1210. The molecule has 0 aliphatic carbocycles. The highest BCUT2D eigenvalue weighted by atomic mass is 31.2. The first-order chi connectivity index (χ1) is 34.5. The van der Waals surface area contributed by atoms with Crippen LogP contribution in [0.4, 0.5) is 0 Å². The van der Waals surface area contributed by atoms with Crippen molar-refractivity contribution in [2.24, 2.45) is 0 Å². The van der Waals surface area contributed by atoms with Crippen molar-refractivity contribution in [1.29, 1.82) is 0 Å². The lowest BCUT2D eigenvalue weighted by molar-refractivity contribution is -0.870. The first kappa shape index (κ1) is 71.4. The topological polar surface area (TPSA) is 160 Å². The zero-order chi connectivity index (χ0) is 53.3. The Balaban J connectivity index is 4.18. The van der Waals surface area contributed by atoms with Crippen LogP contribution in [0.15, 0.2) is 0 Å². The van der Waals surface area contributed by atoms with E-state index in [2.05, 4.69) is 37.5 Å². The van der Waals surface area contributed by atoms with Crippen molar-refractivity contribution in [3.63, 3.8) is 0 Å². The standard InChI is InChI=1S/C56H110N2O12P2/c1-9-11-13-15-17-33-37-41-47-65-55(53-69-71(59,60)67-49-43-57(3,4)5)51-63-45-39-35-31-29-27-25-23-21-19-20-22-24-26-28-30-32-36-40-46-64-52-56(66-48-42-38-34-18-16-14-12-10-2)54-70-72(61,62)68-50-44-58(6,7)8/h55-56H,9-18,23-54H2,1-8H3/p+2. The summed E-state index contributed by atoms with van der Waals surface area (Å²) >= 11 is 0. The molecule has 0 aliphatic rings. The second kappa shape index (κ2) is 48.8. The van der Waals surface area contributed by atoms with Crippen LogP contribution in [0.1, 0.15) is 206 Å². The lowest BCUT2D eigenvalue weighted by atomic mass is 10.1. The maximum Gasteiger partial charge on any atom is 0.377 e. The molecule has 4 atom stereocenters. The molecule has 426 valence electrons. The molecule has 0 aromatic heterocycles. The predicted molar refractivity (Wildman–Crippen MR) is 294 cm³/mol. The Morgan fingerprint density at radius 1 is 0.375 bits per heavy atom. The molecule has 0 aliphatic heterocycles. The smallest absolute Gasteiger partial charge is 0.377 e. The lowest BCUT2D eigenvalue weighted by Gasteiger charge is -2.26. The average Bonchev–Trinajstić information content (AvgIpc) is 3.31. The lowest BCUT2D eigenvalue weighted by Crippen LogP contribution is -2.38. The molecule has 0 spiro atoms. The van der Waals surface area contributed by atoms with Gasteiger partial charge in [-0.1, -0.05) is 167 Å². The number of rotatable bonds is 54. The summed E-state index contributed by atoms with van der Waals surface area (Å²) in [5.74, 6) is 12.5. The maximum atomic E-state index is 12.5. The second-order valence-corrected chi connectivity index (χ2v) is 24.6. The summed E-state index contributed by atoms with van der Waals surface area (Å²) < 4.78 is 46.3. The molecule has 0 amide bonds. The van der Waals surface area contributed by atoms with Gasteiger partial charge in [0.2, 0.25) is 0 Å². The van der Waals surface area contributed by atoms with E-state index in [4.69, 9.17) is 37.0 Å². The first-order valence-corrected chi connectivity index (χ1v) is 31.7. The van der Waals surface area contributed by atoms with Crippen molar-refractivity contribution < 1.29 is 65.6 Å². The fourth-order valence-electron chi connectivity index (χ4n) is 7.44. The van der Waals surface area contributed by atoms with E-state index in [-0.39, 0.29) is 26.4 Å². The number of phosphoric acid groups is 2. The zero-order valence-corrected chi connectivity index (χ0v) is 49.4. The van der Waals surface area contributed by atoms with Crippen LogP contribution < -0.4 is 9.79 Å². The van der Waals surface area contributed by atoms with E-state index in [1.165, 1.54) is 89.9 Å². The van der Waals surface area contributed by atoms with Crippen LogP contribution in [0.5, 0.6) is 0 Å². The van der Waals surface area contributed by atoms with E-state index in [1.807, 2.05) is 42.3 Å². The number of quaternary nitrogens is 2. The van der Waals surface area contributed by atoms with Gasteiger partial charge in [-0.2, -0.15) is 27.9 Å². The fourth-order valence-corrected chi connectivity index (χ4v) is 8.93. The number of phosphoric ester groups is 2. The van der Waals surface area contributed by atoms with Gasteiger partial charge in [0.15, 0.2) is 0 Å². The summed E-state index contributed by atoms with van der Waals surface area (Å²) in [6.45, 7) is 8.89. The van der Waals surface area contributed by atoms with Crippen LogP contribution >= 0.6 is 16.3 Å². The van der Waals surface area contributed by atoms with E-state index in [0.29, 0.717) is 61.7 Å². The highest BCUT2D eigenvalue weighted by molar-refractivity contribution is 7.53. The fraction of sp³-hybridized carbons (Fsp3) is 0.929. The molecule has 0 bridgehead atoms. The quantitative estimate of drug-likeness (QED) is 0.0257. The molecule has 14 nitrogen and oxygen atoms in total. The molecule has 0 aromatic rings. The van der Waals surface area contributed by atoms with Gasteiger partial charge in [0, 0.05) is 39.3 Å². The first-order valence-electron chi connectivity index (χ1n) is 28.7. The summed E-state index contributed by atoms with van der Waals surface area (Å²) in [5, 5.41) is 0. The summed E-state index contributed by atoms with van der Waals surface area (Å²) in [6.07, 6.45) is 33.6. The molecule has 0 saturated carbocycles. The Hall–Kier alpha value is -0.580. The van der Waals surface area contributed by atoms with E-state index in [1.54, 1.807) is 0 Å². The van der Waals surface area contributed by atoms with Crippen LogP contribution in [0, 0.1) is 23.7 Å². The van der Waals surface area contributed by atoms with E-state index < -0.39 is 28.5 Å². The third kappa shape index (κ3) is 55.6. The molecule has 72 heavy (non-hydrogen) atoms. The molecule has 2 N–H and O–H groups in total. The van der Waals surface area contributed by atoms with Crippen LogP contribution in [-0.4, -0.2) is 152 Å². The van der Waals surface area contributed by atoms with Crippen molar-refractivity contribution in [2.75, 3.05) is 121 Å². The van der Waals surface area contributed by atoms with Crippen molar-refractivity contribution in [2.45, 2.75) is 219 Å². The van der Waals surface area contributed by atoms with Gasteiger partial charge in [-0.3, -0.25) is 0 Å².